The van der Waals surface area contributed by atoms with Crippen LogP contribution in [0.15, 0.2) is 65.2 Å². The molecule has 0 saturated carbocycles. The molecule has 0 saturated heterocycles. The predicted molar refractivity (Wildman–Crippen MR) is 106 cm³/mol. The van der Waals surface area contributed by atoms with E-state index in [1.165, 1.54) is 12.3 Å². The highest BCUT2D eigenvalue weighted by molar-refractivity contribution is 5.76. The fraction of sp³-hybridized carbons (Fsp3) is 0.273. The van der Waals surface area contributed by atoms with Crippen molar-refractivity contribution in [2.45, 2.75) is 18.9 Å². The van der Waals surface area contributed by atoms with Crippen molar-refractivity contribution in [1.82, 2.24) is 15.2 Å². The van der Waals surface area contributed by atoms with Crippen LogP contribution < -0.4 is 5.32 Å². The number of halogens is 1. The molecule has 0 spiro atoms. The summed E-state index contributed by atoms with van der Waals surface area (Å²) in [6.07, 6.45) is 2.10. The third kappa shape index (κ3) is 5.04. The smallest absolute Gasteiger partial charge is 0.220 e. The maximum Gasteiger partial charge on any atom is 0.220 e. The molecule has 28 heavy (non-hydrogen) atoms. The molecule has 1 unspecified atom stereocenters. The quantitative estimate of drug-likeness (QED) is 0.644. The number of hydrogen-bond acceptors (Lipinski definition) is 4. The van der Waals surface area contributed by atoms with Gasteiger partial charge in [-0.05, 0) is 31.8 Å². The molecular weight excluding hydrogens is 357 g/mol. The highest BCUT2D eigenvalue weighted by Gasteiger charge is 2.16. The van der Waals surface area contributed by atoms with Gasteiger partial charge in [-0.1, -0.05) is 42.5 Å². The van der Waals surface area contributed by atoms with E-state index in [1.807, 2.05) is 44.4 Å². The molecule has 0 aliphatic heterocycles. The largest absolute Gasteiger partial charge is 0.441 e. The van der Waals surface area contributed by atoms with Crippen LogP contribution in [-0.2, 0) is 11.2 Å². The monoisotopic (exact) mass is 381 g/mol. The third-order valence-corrected chi connectivity index (χ3v) is 4.56. The number of aromatic nitrogens is 1. The van der Waals surface area contributed by atoms with Crippen molar-refractivity contribution in [1.29, 1.82) is 0 Å². The molecule has 0 aliphatic rings. The van der Waals surface area contributed by atoms with Crippen LogP contribution in [-0.4, -0.2) is 36.4 Å². The summed E-state index contributed by atoms with van der Waals surface area (Å²) < 4.78 is 19.4. The Morgan fingerprint density at radius 3 is 2.57 bits per heavy atom. The van der Waals surface area contributed by atoms with Crippen molar-refractivity contribution in [2.75, 3.05) is 20.6 Å². The lowest BCUT2D eigenvalue weighted by atomic mass is 10.1. The van der Waals surface area contributed by atoms with Gasteiger partial charge in [-0.15, -0.1) is 0 Å². The number of nitrogens with one attached hydrogen (secondary N) is 1. The molecule has 3 aromatic rings. The van der Waals surface area contributed by atoms with Gasteiger partial charge in [-0.3, -0.25) is 4.79 Å². The zero-order valence-corrected chi connectivity index (χ0v) is 16.1. The summed E-state index contributed by atoms with van der Waals surface area (Å²) in [5.41, 5.74) is 1.51. The van der Waals surface area contributed by atoms with E-state index in [-0.39, 0.29) is 24.2 Å². The molecule has 1 atom stereocenters. The van der Waals surface area contributed by atoms with E-state index in [9.17, 15) is 9.18 Å². The number of likely N-dealkylation sites (N-methyl/N-ethyl adjacent to an activating group) is 1. The maximum atomic E-state index is 13.8. The Balaban J connectivity index is 1.53. The summed E-state index contributed by atoms with van der Waals surface area (Å²) in [5.74, 6) is 0.345. The highest BCUT2D eigenvalue weighted by atomic mass is 19.1. The van der Waals surface area contributed by atoms with Crippen LogP contribution in [0.2, 0.25) is 0 Å². The van der Waals surface area contributed by atoms with Crippen molar-refractivity contribution in [3.8, 4) is 11.3 Å². The van der Waals surface area contributed by atoms with E-state index in [0.717, 1.165) is 5.56 Å². The first kappa shape index (κ1) is 19.8. The van der Waals surface area contributed by atoms with Gasteiger partial charge in [-0.25, -0.2) is 9.37 Å². The molecule has 0 fully saturated rings. The minimum absolute atomic E-state index is 0.0755. The van der Waals surface area contributed by atoms with Gasteiger partial charge in [0.1, 0.15) is 5.82 Å². The van der Waals surface area contributed by atoms with Crippen molar-refractivity contribution in [2.24, 2.45) is 0 Å². The van der Waals surface area contributed by atoms with Gasteiger partial charge in [0.2, 0.25) is 5.91 Å². The summed E-state index contributed by atoms with van der Waals surface area (Å²) in [6.45, 7) is 0.516. The van der Waals surface area contributed by atoms with E-state index in [1.54, 1.807) is 18.2 Å². The fourth-order valence-electron chi connectivity index (χ4n) is 3.00. The Bertz CT molecular complexity index is 909. The van der Waals surface area contributed by atoms with Crippen molar-refractivity contribution < 1.29 is 13.6 Å². The molecule has 1 amide bonds. The number of carbonyl (C=O) groups excluding carboxylic acids is 1. The summed E-state index contributed by atoms with van der Waals surface area (Å²) >= 11 is 0. The average Bonchev–Trinajstić information content (AvgIpc) is 3.16. The number of rotatable bonds is 8. The van der Waals surface area contributed by atoms with Crippen LogP contribution in [0.1, 0.15) is 23.9 Å². The first-order chi connectivity index (χ1) is 13.5. The number of carbonyl (C=O) groups is 1. The van der Waals surface area contributed by atoms with Crippen LogP contribution in [0.25, 0.3) is 11.3 Å². The molecule has 1 heterocycles. The fourth-order valence-corrected chi connectivity index (χ4v) is 3.00. The number of amides is 1. The molecule has 5 nitrogen and oxygen atoms in total. The lowest BCUT2D eigenvalue weighted by Gasteiger charge is -2.25. The van der Waals surface area contributed by atoms with Gasteiger partial charge in [0.25, 0.3) is 0 Å². The lowest BCUT2D eigenvalue weighted by molar-refractivity contribution is -0.121. The summed E-state index contributed by atoms with van der Waals surface area (Å²) in [4.78, 5) is 18.5. The van der Waals surface area contributed by atoms with Crippen LogP contribution in [0.4, 0.5) is 4.39 Å². The van der Waals surface area contributed by atoms with Gasteiger partial charge in [0.15, 0.2) is 11.7 Å². The van der Waals surface area contributed by atoms with Crippen molar-refractivity contribution in [3.63, 3.8) is 0 Å². The van der Waals surface area contributed by atoms with E-state index < -0.39 is 0 Å². The van der Waals surface area contributed by atoms with Gasteiger partial charge < -0.3 is 14.6 Å². The molecule has 3 rings (SSSR count). The molecule has 0 radical (unpaired) electrons. The number of oxazole rings is 1. The Hall–Kier alpha value is -2.99. The molecule has 0 bridgehead atoms. The van der Waals surface area contributed by atoms with Crippen LogP contribution in [0, 0.1) is 5.82 Å². The standard InChI is InChI=1S/C22H24FN3O2/c1-26(2)19(16-8-4-3-5-9-16)14-24-21(27)12-13-22-25-15-20(28-22)17-10-6-7-11-18(17)23/h3-11,15,19H,12-14H2,1-2H3,(H,24,27). The molecule has 1 aromatic heterocycles. The minimum atomic E-state index is -0.362. The van der Waals surface area contributed by atoms with Gasteiger partial charge >= 0.3 is 0 Å². The second kappa shape index (κ2) is 9.28. The number of aryl methyl sites for hydroxylation is 1. The van der Waals surface area contributed by atoms with E-state index in [0.29, 0.717) is 30.2 Å². The zero-order valence-electron chi connectivity index (χ0n) is 16.1. The second-order valence-corrected chi connectivity index (χ2v) is 6.79. The molecule has 1 N–H and O–H groups in total. The maximum absolute atomic E-state index is 13.8. The normalized spacial score (nSPS) is 12.1. The first-order valence-corrected chi connectivity index (χ1v) is 9.22. The van der Waals surface area contributed by atoms with Crippen LogP contribution in [0.5, 0.6) is 0 Å². The van der Waals surface area contributed by atoms with E-state index in [4.69, 9.17) is 4.42 Å². The Morgan fingerprint density at radius 2 is 1.86 bits per heavy atom. The van der Waals surface area contributed by atoms with Crippen LogP contribution in [0.3, 0.4) is 0 Å². The number of nitrogens with zero attached hydrogens (tertiary/aromatic N) is 2. The van der Waals surface area contributed by atoms with Gasteiger partial charge in [0, 0.05) is 19.4 Å². The Labute approximate surface area is 164 Å². The first-order valence-electron chi connectivity index (χ1n) is 9.22. The molecule has 146 valence electrons. The third-order valence-electron chi connectivity index (χ3n) is 4.56. The summed E-state index contributed by atoms with van der Waals surface area (Å²) in [6, 6.07) is 16.5. The van der Waals surface area contributed by atoms with Crippen molar-refractivity contribution in [3.05, 3.63) is 78.1 Å². The Morgan fingerprint density at radius 1 is 1.14 bits per heavy atom. The average molecular weight is 381 g/mol. The molecule has 0 aliphatic carbocycles. The van der Waals surface area contributed by atoms with Crippen LogP contribution >= 0.6 is 0 Å². The highest BCUT2D eigenvalue weighted by Crippen LogP contribution is 2.23. The molecule has 2 aromatic carbocycles. The van der Waals surface area contributed by atoms with Gasteiger partial charge in [-0.2, -0.15) is 0 Å². The molecule has 6 heteroatoms. The Kier molecular flexibility index (Phi) is 6.55. The predicted octanol–water partition coefficient (Wildman–Crippen LogP) is 3.83. The second-order valence-electron chi connectivity index (χ2n) is 6.79. The van der Waals surface area contributed by atoms with Gasteiger partial charge in [0.05, 0.1) is 17.8 Å². The number of hydrogen-bond donors (Lipinski definition) is 1. The van der Waals surface area contributed by atoms with E-state index in [2.05, 4.69) is 15.2 Å². The SMILES string of the molecule is CN(C)C(CNC(=O)CCc1ncc(-c2ccccc2F)o1)c1ccccc1. The lowest BCUT2D eigenvalue weighted by Crippen LogP contribution is -2.34. The summed E-state index contributed by atoms with van der Waals surface area (Å²) in [5, 5.41) is 2.97. The molecular formula is C22H24FN3O2. The minimum Gasteiger partial charge on any atom is -0.441 e. The van der Waals surface area contributed by atoms with Crippen molar-refractivity contribution >= 4 is 5.91 Å². The zero-order chi connectivity index (χ0) is 19.9. The topological polar surface area (TPSA) is 58.4 Å². The summed E-state index contributed by atoms with van der Waals surface area (Å²) in [7, 11) is 3.97. The van der Waals surface area contributed by atoms with E-state index >= 15 is 0 Å². The number of benzene rings is 2.